The van der Waals surface area contributed by atoms with Crippen molar-refractivity contribution in [1.29, 1.82) is 0 Å². The van der Waals surface area contributed by atoms with Crippen molar-refractivity contribution in [2.45, 2.75) is 19.4 Å². The molecule has 1 aromatic rings. The van der Waals surface area contributed by atoms with Crippen LogP contribution in [0.3, 0.4) is 0 Å². The second-order valence-corrected chi connectivity index (χ2v) is 2.74. The van der Waals surface area contributed by atoms with Crippen molar-refractivity contribution < 1.29 is 0 Å². The fraction of sp³-hybridized carbons (Fsp3) is 0.444. The van der Waals surface area contributed by atoms with Crippen molar-refractivity contribution in [1.82, 2.24) is 4.98 Å². The Morgan fingerprint density at radius 2 is 2.33 bits per heavy atom. The number of hydrogen-bond donors (Lipinski definition) is 2. The molecule has 66 valence electrons. The summed E-state index contributed by atoms with van der Waals surface area (Å²) >= 11 is 0. The second kappa shape index (κ2) is 4.18. The highest BCUT2D eigenvalue weighted by molar-refractivity contribution is 5.22. The maximum Gasteiger partial charge on any atom is 0.0615 e. The minimum Gasteiger partial charge on any atom is -0.329 e. The summed E-state index contributed by atoms with van der Waals surface area (Å²) in [5.74, 6) is 0. The standard InChI is InChI=1S/C9H15N3/c1-2-7-4-3-5-12-9(7)8(11)6-10/h3-5,8H,2,6,10-11H2,1H3/t8-/m1/s1. The summed E-state index contributed by atoms with van der Waals surface area (Å²) in [6.45, 7) is 2.54. The first-order chi connectivity index (χ1) is 5.79. The van der Waals surface area contributed by atoms with Gasteiger partial charge in [0.25, 0.3) is 0 Å². The molecule has 0 unspecified atom stereocenters. The van der Waals surface area contributed by atoms with Gasteiger partial charge in [-0.05, 0) is 18.1 Å². The van der Waals surface area contributed by atoms with Gasteiger partial charge in [0.15, 0.2) is 0 Å². The average Bonchev–Trinajstić information content (AvgIpc) is 2.16. The molecule has 0 fully saturated rings. The van der Waals surface area contributed by atoms with Crippen molar-refractivity contribution in [2.75, 3.05) is 6.54 Å². The molecule has 1 rings (SSSR count). The van der Waals surface area contributed by atoms with Gasteiger partial charge in [-0.2, -0.15) is 0 Å². The fourth-order valence-corrected chi connectivity index (χ4v) is 1.20. The van der Waals surface area contributed by atoms with E-state index in [2.05, 4.69) is 11.9 Å². The highest BCUT2D eigenvalue weighted by atomic mass is 14.8. The maximum absolute atomic E-state index is 5.78. The molecule has 0 saturated heterocycles. The molecule has 3 heteroatoms. The van der Waals surface area contributed by atoms with E-state index in [1.165, 1.54) is 5.56 Å². The van der Waals surface area contributed by atoms with E-state index in [0.29, 0.717) is 6.54 Å². The zero-order chi connectivity index (χ0) is 8.97. The summed E-state index contributed by atoms with van der Waals surface area (Å²) in [5, 5.41) is 0. The molecule has 0 spiro atoms. The van der Waals surface area contributed by atoms with Crippen LogP contribution in [0.15, 0.2) is 18.3 Å². The van der Waals surface area contributed by atoms with Gasteiger partial charge in [0.1, 0.15) is 0 Å². The van der Waals surface area contributed by atoms with E-state index in [1.807, 2.05) is 12.1 Å². The molecule has 0 aliphatic heterocycles. The molecule has 1 heterocycles. The number of aromatic nitrogens is 1. The lowest BCUT2D eigenvalue weighted by atomic mass is 10.1. The molecular formula is C9H15N3. The highest BCUT2D eigenvalue weighted by Crippen LogP contribution is 2.12. The minimum atomic E-state index is -0.124. The van der Waals surface area contributed by atoms with Crippen LogP contribution in [0.2, 0.25) is 0 Å². The predicted octanol–water partition coefficient (Wildman–Crippen LogP) is 0.603. The van der Waals surface area contributed by atoms with Gasteiger partial charge in [0, 0.05) is 12.7 Å². The van der Waals surface area contributed by atoms with E-state index in [4.69, 9.17) is 11.5 Å². The van der Waals surface area contributed by atoms with Crippen molar-refractivity contribution in [3.05, 3.63) is 29.6 Å². The van der Waals surface area contributed by atoms with Crippen LogP contribution in [-0.2, 0) is 6.42 Å². The first-order valence-electron chi connectivity index (χ1n) is 4.19. The molecular weight excluding hydrogens is 150 g/mol. The van der Waals surface area contributed by atoms with Crippen LogP contribution < -0.4 is 11.5 Å². The molecule has 0 aliphatic rings. The Morgan fingerprint density at radius 3 is 2.92 bits per heavy atom. The van der Waals surface area contributed by atoms with Gasteiger partial charge in [0.2, 0.25) is 0 Å². The lowest BCUT2D eigenvalue weighted by Crippen LogP contribution is -2.23. The lowest BCUT2D eigenvalue weighted by Gasteiger charge is -2.11. The minimum absolute atomic E-state index is 0.124. The smallest absolute Gasteiger partial charge is 0.0615 e. The molecule has 0 aromatic carbocycles. The molecule has 0 aliphatic carbocycles. The van der Waals surface area contributed by atoms with Gasteiger partial charge < -0.3 is 11.5 Å². The molecule has 3 nitrogen and oxygen atoms in total. The van der Waals surface area contributed by atoms with E-state index < -0.39 is 0 Å². The Morgan fingerprint density at radius 1 is 1.58 bits per heavy atom. The fourth-order valence-electron chi connectivity index (χ4n) is 1.20. The molecule has 12 heavy (non-hydrogen) atoms. The normalized spacial score (nSPS) is 12.9. The average molecular weight is 165 g/mol. The van der Waals surface area contributed by atoms with Crippen LogP contribution >= 0.6 is 0 Å². The third-order valence-corrected chi connectivity index (χ3v) is 1.91. The Hall–Kier alpha value is -0.930. The summed E-state index contributed by atoms with van der Waals surface area (Å²) in [6.07, 6.45) is 2.71. The molecule has 1 atom stereocenters. The number of pyridine rings is 1. The second-order valence-electron chi connectivity index (χ2n) is 2.74. The van der Waals surface area contributed by atoms with Gasteiger partial charge in [0.05, 0.1) is 11.7 Å². The van der Waals surface area contributed by atoms with Gasteiger partial charge in [-0.1, -0.05) is 13.0 Å². The van der Waals surface area contributed by atoms with Crippen LogP contribution in [0.1, 0.15) is 24.2 Å². The van der Waals surface area contributed by atoms with E-state index in [-0.39, 0.29) is 6.04 Å². The first kappa shape index (κ1) is 9.16. The molecule has 0 amide bonds. The van der Waals surface area contributed by atoms with Crippen molar-refractivity contribution >= 4 is 0 Å². The molecule has 0 bridgehead atoms. The van der Waals surface area contributed by atoms with Gasteiger partial charge in [-0.15, -0.1) is 0 Å². The van der Waals surface area contributed by atoms with Crippen molar-refractivity contribution in [2.24, 2.45) is 11.5 Å². The number of nitrogens with zero attached hydrogens (tertiary/aromatic N) is 1. The quantitative estimate of drug-likeness (QED) is 0.689. The van der Waals surface area contributed by atoms with E-state index >= 15 is 0 Å². The van der Waals surface area contributed by atoms with Crippen LogP contribution in [-0.4, -0.2) is 11.5 Å². The van der Waals surface area contributed by atoms with E-state index in [0.717, 1.165) is 12.1 Å². The number of aryl methyl sites for hydroxylation is 1. The van der Waals surface area contributed by atoms with Crippen LogP contribution in [0.4, 0.5) is 0 Å². The summed E-state index contributed by atoms with van der Waals surface area (Å²) in [7, 11) is 0. The summed E-state index contributed by atoms with van der Waals surface area (Å²) in [6, 6.07) is 3.84. The maximum atomic E-state index is 5.78. The van der Waals surface area contributed by atoms with E-state index in [1.54, 1.807) is 6.20 Å². The van der Waals surface area contributed by atoms with Crippen LogP contribution in [0, 0.1) is 0 Å². The van der Waals surface area contributed by atoms with E-state index in [9.17, 15) is 0 Å². The molecule has 4 N–H and O–H groups in total. The van der Waals surface area contributed by atoms with Crippen LogP contribution in [0.5, 0.6) is 0 Å². The Labute approximate surface area is 72.8 Å². The summed E-state index contributed by atoms with van der Waals surface area (Å²) < 4.78 is 0. The van der Waals surface area contributed by atoms with Gasteiger partial charge >= 0.3 is 0 Å². The third-order valence-electron chi connectivity index (χ3n) is 1.91. The van der Waals surface area contributed by atoms with Crippen molar-refractivity contribution in [3.63, 3.8) is 0 Å². The predicted molar refractivity (Wildman–Crippen MR) is 49.6 cm³/mol. The molecule has 1 aromatic heterocycles. The first-order valence-corrected chi connectivity index (χ1v) is 4.19. The largest absolute Gasteiger partial charge is 0.329 e. The summed E-state index contributed by atoms with van der Waals surface area (Å²) in [5.41, 5.74) is 13.4. The topological polar surface area (TPSA) is 64.9 Å². The third kappa shape index (κ3) is 1.81. The zero-order valence-corrected chi connectivity index (χ0v) is 7.33. The Kier molecular flexibility index (Phi) is 3.19. The van der Waals surface area contributed by atoms with Gasteiger partial charge in [-0.25, -0.2) is 0 Å². The number of rotatable bonds is 3. The Balaban J connectivity index is 2.96. The number of hydrogen-bond acceptors (Lipinski definition) is 3. The van der Waals surface area contributed by atoms with Crippen molar-refractivity contribution in [3.8, 4) is 0 Å². The van der Waals surface area contributed by atoms with Gasteiger partial charge in [-0.3, -0.25) is 4.98 Å². The lowest BCUT2D eigenvalue weighted by molar-refractivity contribution is 0.699. The highest BCUT2D eigenvalue weighted by Gasteiger charge is 2.08. The SMILES string of the molecule is CCc1cccnc1[C@H](N)CN. The zero-order valence-electron chi connectivity index (χ0n) is 7.33. The summed E-state index contributed by atoms with van der Waals surface area (Å²) in [4.78, 5) is 4.22. The molecule has 0 radical (unpaired) electrons. The number of nitrogens with two attached hydrogens (primary N) is 2. The Bertz CT molecular complexity index is 247. The molecule has 0 saturated carbocycles. The monoisotopic (exact) mass is 165 g/mol. The van der Waals surface area contributed by atoms with Crippen LogP contribution in [0.25, 0.3) is 0 Å².